The predicted octanol–water partition coefficient (Wildman–Crippen LogP) is 5.62. The van der Waals surface area contributed by atoms with Crippen LogP contribution in [0.25, 0.3) is 0 Å². The normalized spacial score (nSPS) is 17.4. The zero-order chi connectivity index (χ0) is 43.4. The lowest BCUT2D eigenvalue weighted by Gasteiger charge is -2.24. The zero-order valence-corrected chi connectivity index (χ0v) is 35.1. The Morgan fingerprint density at radius 3 is 2.03 bits per heavy atom. The van der Waals surface area contributed by atoms with E-state index in [4.69, 9.17) is 11.1 Å². The van der Waals surface area contributed by atoms with Gasteiger partial charge >= 0.3 is 0 Å². The molecule has 3 heterocycles. The SMILES string of the molecule is CCCN1CCCCCC(=O)Nc2ccc(cc2)C[C@@H](C(=O)NCc2ccc(C(=N)N)cc2)NC(=O)[C@H](NC(=O)CCCc2ccccc2)Cc2ccc(cc2)NC(=O)CC1. The molecule has 0 saturated carbocycles. The van der Waals surface area contributed by atoms with Crippen LogP contribution in [0.2, 0.25) is 0 Å². The van der Waals surface area contributed by atoms with Crippen LogP contribution < -0.4 is 32.3 Å². The van der Waals surface area contributed by atoms with Crippen LogP contribution in [0, 0.1) is 5.41 Å². The Labute approximate surface area is 359 Å². The van der Waals surface area contributed by atoms with E-state index in [1.54, 1.807) is 48.5 Å². The highest BCUT2D eigenvalue weighted by Crippen LogP contribution is 2.16. The van der Waals surface area contributed by atoms with E-state index in [0.717, 1.165) is 61.0 Å². The van der Waals surface area contributed by atoms with Gasteiger partial charge in [0, 0.05) is 62.1 Å². The molecule has 0 aromatic heterocycles. The van der Waals surface area contributed by atoms with Gasteiger partial charge in [0.1, 0.15) is 17.9 Å². The summed E-state index contributed by atoms with van der Waals surface area (Å²) < 4.78 is 0. The van der Waals surface area contributed by atoms with Crippen molar-refractivity contribution in [3.05, 3.63) is 131 Å². The lowest BCUT2D eigenvalue weighted by Crippen LogP contribution is -2.55. The van der Waals surface area contributed by atoms with E-state index in [9.17, 15) is 24.0 Å². The fraction of sp³-hybridized carbons (Fsp3) is 0.375. The highest BCUT2D eigenvalue weighted by molar-refractivity contribution is 5.95. The number of amidine groups is 1. The number of anilines is 2. The van der Waals surface area contributed by atoms with E-state index in [-0.39, 0.29) is 49.4 Å². The van der Waals surface area contributed by atoms with Gasteiger partial charge in [0.15, 0.2) is 0 Å². The minimum absolute atomic E-state index is 0.0609. The van der Waals surface area contributed by atoms with Gasteiger partial charge in [-0.15, -0.1) is 0 Å². The Bertz CT molecular complexity index is 2060. The summed E-state index contributed by atoms with van der Waals surface area (Å²) in [5.74, 6) is -1.49. The Morgan fingerprint density at radius 2 is 1.39 bits per heavy atom. The van der Waals surface area contributed by atoms with Crippen LogP contribution in [0.15, 0.2) is 103 Å². The van der Waals surface area contributed by atoms with Gasteiger partial charge in [-0.2, -0.15) is 0 Å². The lowest BCUT2D eigenvalue weighted by atomic mass is 10.0. The van der Waals surface area contributed by atoms with Crippen molar-refractivity contribution in [3.63, 3.8) is 0 Å². The van der Waals surface area contributed by atoms with E-state index in [0.29, 0.717) is 49.2 Å². The molecule has 0 saturated heterocycles. The van der Waals surface area contributed by atoms with Gasteiger partial charge in [-0.25, -0.2) is 0 Å². The molecule has 7 rings (SSSR count). The van der Waals surface area contributed by atoms with Crippen LogP contribution in [0.1, 0.15) is 86.1 Å². The number of carbonyl (C=O) groups is 5. The molecule has 5 amide bonds. The van der Waals surface area contributed by atoms with E-state index >= 15 is 0 Å². The molecular formula is C48H60N8O5. The van der Waals surface area contributed by atoms with Gasteiger partial charge in [-0.1, -0.05) is 92.2 Å². The third-order valence-electron chi connectivity index (χ3n) is 10.7. The van der Waals surface area contributed by atoms with Crippen LogP contribution in [0.4, 0.5) is 11.4 Å². The van der Waals surface area contributed by atoms with Crippen molar-refractivity contribution in [1.29, 1.82) is 5.41 Å². The van der Waals surface area contributed by atoms with Crippen molar-refractivity contribution in [2.75, 3.05) is 30.3 Å². The van der Waals surface area contributed by atoms with Gasteiger partial charge in [0.2, 0.25) is 29.5 Å². The van der Waals surface area contributed by atoms with Crippen LogP contribution in [0.5, 0.6) is 0 Å². The molecule has 2 atom stereocenters. The zero-order valence-electron chi connectivity index (χ0n) is 35.1. The second-order valence-corrected chi connectivity index (χ2v) is 15.6. The van der Waals surface area contributed by atoms with Crippen LogP contribution in [-0.4, -0.2) is 72.0 Å². The molecule has 0 spiro atoms. The minimum atomic E-state index is -1.02. The number of aryl methyl sites for hydroxylation is 1. The molecule has 0 fully saturated rings. The quantitative estimate of drug-likeness (QED) is 0.0752. The number of fused-ring (bicyclic) bond motifs is 2. The minimum Gasteiger partial charge on any atom is -0.384 e. The third kappa shape index (κ3) is 16.0. The number of rotatable bonds is 11. The third-order valence-corrected chi connectivity index (χ3v) is 10.7. The molecule has 4 bridgehead atoms. The predicted molar refractivity (Wildman–Crippen MR) is 240 cm³/mol. The number of nitrogens with one attached hydrogen (secondary N) is 6. The molecule has 4 aromatic carbocycles. The molecule has 13 heteroatoms. The van der Waals surface area contributed by atoms with Gasteiger partial charge in [0.25, 0.3) is 0 Å². The van der Waals surface area contributed by atoms with Crippen molar-refractivity contribution >= 4 is 46.7 Å². The maximum atomic E-state index is 14.3. The molecule has 8 N–H and O–H groups in total. The first-order valence-electron chi connectivity index (χ1n) is 21.4. The Hall–Kier alpha value is -6.34. The molecule has 3 aliphatic heterocycles. The molecule has 4 aromatic rings. The first kappa shape index (κ1) is 45.7. The van der Waals surface area contributed by atoms with E-state index in [1.807, 2.05) is 54.6 Å². The number of benzene rings is 4. The summed E-state index contributed by atoms with van der Waals surface area (Å²) in [6, 6.07) is 29.2. The number of hydrogen-bond acceptors (Lipinski definition) is 7. The second kappa shape index (κ2) is 24.0. The second-order valence-electron chi connectivity index (χ2n) is 15.6. The average molecular weight is 829 g/mol. The summed E-state index contributed by atoms with van der Waals surface area (Å²) in [5, 5.41) is 22.4. The molecule has 0 unspecified atom stereocenters. The summed E-state index contributed by atoms with van der Waals surface area (Å²) in [5.41, 5.74) is 10.8. The number of amides is 5. The van der Waals surface area contributed by atoms with Crippen molar-refractivity contribution in [2.24, 2.45) is 5.73 Å². The first-order chi connectivity index (χ1) is 29.5. The highest BCUT2D eigenvalue weighted by atomic mass is 16.2. The number of nitrogen functional groups attached to an aromatic ring is 1. The van der Waals surface area contributed by atoms with E-state index in [1.165, 1.54) is 0 Å². The fourth-order valence-corrected chi connectivity index (χ4v) is 7.25. The van der Waals surface area contributed by atoms with E-state index < -0.39 is 23.9 Å². The fourth-order valence-electron chi connectivity index (χ4n) is 7.25. The monoisotopic (exact) mass is 828 g/mol. The van der Waals surface area contributed by atoms with Crippen molar-refractivity contribution < 1.29 is 24.0 Å². The molecule has 0 aliphatic carbocycles. The van der Waals surface area contributed by atoms with Crippen molar-refractivity contribution in [1.82, 2.24) is 20.9 Å². The molecule has 3 aliphatic rings. The number of nitrogens with zero attached hydrogens (tertiary/aromatic N) is 1. The van der Waals surface area contributed by atoms with Crippen LogP contribution >= 0.6 is 0 Å². The van der Waals surface area contributed by atoms with Gasteiger partial charge in [0.05, 0.1) is 0 Å². The van der Waals surface area contributed by atoms with Crippen molar-refractivity contribution in [2.45, 2.75) is 96.2 Å². The molecule has 0 radical (unpaired) electrons. The summed E-state index contributed by atoms with van der Waals surface area (Å²) in [4.78, 5) is 69.7. The first-order valence-corrected chi connectivity index (χ1v) is 21.4. The molecule has 61 heavy (non-hydrogen) atoms. The Kier molecular flexibility index (Phi) is 18.0. The summed E-state index contributed by atoms with van der Waals surface area (Å²) in [7, 11) is 0. The Balaban J connectivity index is 1.37. The standard InChI is InChI=1S/C48H60N8O5/c1-2-28-56-29-8-4-7-13-43(57)52-39-23-17-35(18-24-39)31-41(47(60)51-33-37-15-21-38(22-16-37)46(49)50)55-48(61)42(54-44(58)14-9-12-34-10-5-3-6-11-34)32-36-19-25-40(26-20-36)53-45(59)27-30-56/h3,5-6,10-11,15-26,41-42H,2,4,7-9,12-14,27-33H2,1H3,(H3,49,50)(H,51,60)(H,52,57)(H,53,59)(H,54,58)(H,55,61)/t41-,42+/m0/s1. The summed E-state index contributed by atoms with van der Waals surface area (Å²) in [6.07, 6.45) is 6.03. The average Bonchev–Trinajstić information content (AvgIpc) is 3.25. The van der Waals surface area contributed by atoms with Gasteiger partial charge in [-0.3, -0.25) is 29.4 Å². The van der Waals surface area contributed by atoms with Crippen LogP contribution in [-0.2, 0) is 49.8 Å². The smallest absolute Gasteiger partial charge is 0.243 e. The maximum absolute atomic E-state index is 14.3. The van der Waals surface area contributed by atoms with Gasteiger partial charge in [-0.05, 0) is 91.7 Å². The summed E-state index contributed by atoms with van der Waals surface area (Å²) >= 11 is 0. The molecule has 322 valence electrons. The summed E-state index contributed by atoms with van der Waals surface area (Å²) in [6.45, 7) is 4.65. The van der Waals surface area contributed by atoms with E-state index in [2.05, 4.69) is 38.4 Å². The molecule has 13 nitrogen and oxygen atoms in total. The number of hydrogen-bond donors (Lipinski definition) is 7. The lowest BCUT2D eigenvalue weighted by molar-refractivity contribution is -0.132. The molecular weight excluding hydrogens is 769 g/mol. The largest absolute Gasteiger partial charge is 0.384 e. The van der Waals surface area contributed by atoms with Gasteiger partial charge < -0.3 is 37.2 Å². The van der Waals surface area contributed by atoms with Crippen molar-refractivity contribution in [3.8, 4) is 0 Å². The van der Waals surface area contributed by atoms with Crippen LogP contribution in [0.3, 0.4) is 0 Å². The topological polar surface area (TPSA) is 199 Å². The highest BCUT2D eigenvalue weighted by Gasteiger charge is 2.28. The Morgan fingerprint density at radius 1 is 0.754 bits per heavy atom. The number of nitrogens with two attached hydrogens (primary N) is 1. The maximum Gasteiger partial charge on any atom is 0.243 e. The number of carbonyl (C=O) groups excluding carboxylic acids is 5.